The van der Waals surface area contributed by atoms with Crippen LogP contribution in [0, 0.1) is 13.8 Å². The Morgan fingerprint density at radius 3 is 2.88 bits per heavy atom. The molecule has 1 atom stereocenters. The zero-order valence-corrected chi connectivity index (χ0v) is 19.1. The minimum atomic E-state index is -0.0262. The van der Waals surface area contributed by atoms with E-state index < -0.39 is 0 Å². The van der Waals surface area contributed by atoms with Crippen molar-refractivity contribution in [1.29, 1.82) is 0 Å². The molecule has 8 nitrogen and oxygen atoms in total. The Bertz CT molecular complexity index is 1090. The van der Waals surface area contributed by atoms with Crippen LogP contribution in [0.1, 0.15) is 73.8 Å². The minimum absolute atomic E-state index is 0.0262. The van der Waals surface area contributed by atoms with Crippen molar-refractivity contribution in [1.82, 2.24) is 25.1 Å². The number of aromatic nitrogens is 4. The van der Waals surface area contributed by atoms with Gasteiger partial charge in [-0.05, 0) is 50.5 Å². The maximum absolute atomic E-state index is 13.0. The molecule has 168 valence electrons. The zero-order valence-electron chi connectivity index (χ0n) is 19.1. The fourth-order valence-corrected chi connectivity index (χ4v) is 4.02. The Kier molecular flexibility index (Phi) is 6.48. The van der Waals surface area contributed by atoms with Gasteiger partial charge >= 0.3 is 0 Å². The molecular formula is C24H30N6O2. The molecule has 0 bridgehead atoms. The molecule has 32 heavy (non-hydrogen) atoms. The molecule has 0 radical (unpaired) electrons. The standard InChI is InChI=1S/C24H30N6O2/c1-15(2)24-29-28-21(32-24)9-10-22(31)30-12-6-8-20(30)19-14-18(13-17(4)26-19)27-23-16(3)7-5-11-25-23/h5,7,11,13-15,20H,6,8-10,12H2,1-4H3,(H,25,26,27)/t20-/m1/s1. The molecule has 1 fully saturated rings. The van der Waals surface area contributed by atoms with Crippen molar-refractivity contribution in [3.8, 4) is 0 Å². The summed E-state index contributed by atoms with van der Waals surface area (Å²) in [4.78, 5) is 24.2. The smallest absolute Gasteiger partial charge is 0.223 e. The summed E-state index contributed by atoms with van der Waals surface area (Å²) in [6, 6.07) is 7.95. The number of nitrogens with one attached hydrogen (secondary N) is 1. The summed E-state index contributed by atoms with van der Waals surface area (Å²) in [5.41, 5.74) is 3.82. The molecule has 0 aromatic carbocycles. The molecule has 1 aliphatic heterocycles. The first-order valence-electron chi connectivity index (χ1n) is 11.2. The Morgan fingerprint density at radius 2 is 2.12 bits per heavy atom. The van der Waals surface area contributed by atoms with Gasteiger partial charge in [-0.2, -0.15) is 0 Å². The van der Waals surface area contributed by atoms with Crippen LogP contribution in [-0.4, -0.2) is 37.5 Å². The summed E-state index contributed by atoms with van der Waals surface area (Å²) in [6.45, 7) is 8.75. The highest BCUT2D eigenvalue weighted by Crippen LogP contribution is 2.33. The fourth-order valence-electron chi connectivity index (χ4n) is 4.02. The summed E-state index contributed by atoms with van der Waals surface area (Å²) in [7, 11) is 0. The summed E-state index contributed by atoms with van der Waals surface area (Å²) < 4.78 is 5.65. The van der Waals surface area contributed by atoms with E-state index in [9.17, 15) is 4.79 Å². The van der Waals surface area contributed by atoms with E-state index in [0.717, 1.165) is 47.8 Å². The lowest BCUT2D eigenvalue weighted by Crippen LogP contribution is -2.31. The molecule has 4 heterocycles. The van der Waals surface area contributed by atoms with E-state index in [1.807, 2.05) is 56.9 Å². The number of anilines is 2. The number of hydrogen-bond acceptors (Lipinski definition) is 7. The van der Waals surface area contributed by atoms with E-state index in [-0.39, 0.29) is 17.9 Å². The van der Waals surface area contributed by atoms with Crippen molar-refractivity contribution in [2.45, 2.75) is 65.3 Å². The quantitative estimate of drug-likeness (QED) is 0.578. The largest absolute Gasteiger partial charge is 0.425 e. The summed E-state index contributed by atoms with van der Waals surface area (Å²) in [5.74, 6) is 2.22. The van der Waals surface area contributed by atoms with Crippen LogP contribution in [0.15, 0.2) is 34.9 Å². The molecule has 1 amide bonds. The van der Waals surface area contributed by atoms with Gasteiger partial charge in [0.2, 0.25) is 17.7 Å². The number of rotatable bonds is 7. The van der Waals surface area contributed by atoms with E-state index in [1.54, 1.807) is 6.20 Å². The molecule has 3 aromatic heterocycles. The number of carbonyl (C=O) groups is 1. The second-order valence-corrected chi connectivity index (χ2v) is 8.65. The van der Waals surface area contributed by atoms with Crippen LogP contribution in [-0.2, 0) is 11.2 Å². The molecule has 4 rings (SSSR count). The monoisotopic (exact) mass is 434 g/mol. The molecule has 0 aliphatic carbocycles. The van der Waals surface area contributed by atoms with Gasteiger partial charge in [-0.3, -0.25) is 9.78 Å². The van der Waals surface area contributed by atoms with E-state index in [1.165, 1.54) is 0 Å². The van der Waals surface area contributed by atoms with E-state index in [2.05, 4.69) is 20.5 Å². The van der Waals surface area contributed by atoms with Crippen molar-refractivity contribution in [2.75, 3.05) is 11.9 Å². The average molecular weight is 435 g/mol. The van der Waals surface area contributed by atoms with Gasteiger partial charge in [-0.1, -0.05) is 19.9 Å². The number of nitrogens with zero attached hydrogens (tertiary/aromatic N) is 5. The highest BCUT2D eigenvalue weighted by atomic mass is 16.4. The normalized spacial score (nSPS) is 16.0. The van der Waals surface area contributed by atoms with Crippen LogP contribution in [0.25, 0.3) is 0 Å². The Morgan fingerprint density at radius 1 is 1.28 bits per heavy atom. The van der Waals surface area contributed by atoms with Gasteiger partial charge in [-0.15, -0.1) is 10.2 Å². The van der Waals surface area contributed by atoms with Crippen LogP contribution in [0.5, 0.6) is 0 Å². The Hall–Kier alpha value is -3.29. The number of pyridine rings is 2. The first-order chi connectivity index (χ1) is 15.4. The molecule has 1 saturated heterocycles. The molecule has 0 saturated carbocycles. The number of amides is 1. The average Bonchev–Trinajstić information content (AvgIpc) is 3.43. The second-order valence-electron chi connectivity index (χ2n) is 8.65. The van der Waals surface area contributed by atoms with Crippen LogP contribution >= 0.6 is 0 Å². The lowest BCUT2D eigenvalue weighted by atomic mass is 10.1. The van der Waals surface area contributed by atoms with E-state index in [4.69, 9.17) is 9.40 Å². The van der Waals surface area contributed by atoms with Gasteiger partial charge < -0.3 is 14.6 Å². The molecule has 1 aliphatic rings. The van der Waals surface area contributed by atoms with Crippen molar-refractivity contribution >= 4 is 17.4 Å². The third-order valence-electron chi connectivity index (χ3n) is 5.69. The number of aryl methyl sites for hydroxylation is 3. The van der Waals surface area contributed by atoms with Crippen molar-refractivity contribution in [3.05, 3.63) is 59.2 Å². The van der Waals surface area contributed by atoms with Crippen molar-refractivity contribution in [2.24, 2.45) is 0 Å². The Labute approximate surface area is 188 Å². The summed E-state index contributed by atoms with van der Waals surface area (Å²) in [6.07, 6.45) is 4.44. The van der Waals surface area contributed by atoms with Gasteiger partial charge in [0.15, 0.2) is 0 Å². The highest BCUT2D eigenvalue weighted by molar-refractivity contribution is 5.77. The predicted molar refractivity (Wildman–Crippen MR) is 122 cm³/mol. The number of likely N-dealkylation sites (tertiary alicyclic amines) is 1. The Balaban J connectivity index is 1.46. The van der Waals surface area contributed by atoms with Crippen LogP contribution in [0.4, 0.5) is 11.5 Å². The summed E-state index contributed by atoms with van der Waals surface area (Å²) >= 11 is 0. The maximum atomic E-state index is 13.0. The maximum Gasteiger partial charge on any atom is 0.223 e. The summed E-state index contributed by atoms with van der Waals surface area (Å²) in [5, 5.41) is 11.5. The van der Waals surface area contributed by atoms with Crippen LogP contribution < -0.4 is 5.32 Å². The van der Waals surface area contributed by atoms with Gasteiger partial charge in [0.25, 0.3) is 0 Å². The second kappa shape index (κ2) is 9.46. The molecule has 3 aromatic rings. The van der Waals surface area contributed by atoms with E-state index >= 15 is 0 Å². The van der Waals surface area contributed by atoms with Crippen molar-refractivity contribution in [3.63, 3.8) is 0 Å². The van der Waals surface area contributed by atoms with Crippen LogP contribution in [0.3, 0.4) is 0 Å². The third kappa shape index (κ3) is 4.95. The van der Waals surface area contributed by atoms with Gasteiger partial charge in [0, 0.05) is 42.9 Å². The lowest BCUT2D eigenvalue weighted by Gasteiger charge is -2.25. The third-order valence-corrected chi connectivity index (χ3v) is 5.69. The number of carbonyl (C=O) groups excluding carboxylic acids is 1. The number of hydrogen-bond donors (Lipinski definition) is 1. The topological polar surface area (TPSA) is 97.0 Å². The van der Waals surface area contributed by atoms with Gasteiger partial charge in [-0.25, -0.2) is 4.98 Å². The molecule has 1 N–H and O–H groups in total. The molecule has 0 unspecified atom stereocenters. The van der Waals surface area contributed by atoms with Crippen molar-refractivity contribution < 1.29 is 9.21 Å². The first kappa shape index (κ1) is 21.9. The van der Waals surface area contributed by atoms with Gasteiger partial charge in [0.05, 0.1) is 11.7 Å². The SMILES string of the molecule is Cc1cc(Nc2ncccc2C)cc([C@H]2CCCN2C(=O)CCc2nnc(C(C)C)o2)n1. The minimum Gasteiger partial charge on any atom is -0.425 e. The van der Waals surface area contributed by atoms with Gasteiger partial charge in [0.1, 0.15) is 5.82 Å². The molecule has 0 spiro atoms. The molecular weight excluding hydrogens is 404 g/mol. The highest BCUT2D eigenvalue weighted by Gasteiger charge is 2.31. The van der Waals surface area contributed by atoms with Crippen LogP contribution in [0.2, 0.25) is 0 Å². The zero-order chi connectivity index (χ0) is 22.7. The lowest BCUT2D eigenvalue weighted by molar-refractivity contribution is -0.132. The predicted octanol–water partition coefficient (Wildman–Crippen LogP) is 4.64. The molecule has 8 heteroatoms. The van der Waals surface area contributed by atoms with E-state index in [0.29, 0.717) is 24.6 Å². The first-order valence-corrected chi connectivity index (χ1v) is 11.2. The fraction of sp³-hybridized carbons (Fsp3) is 0.458.